The fourth-order valence-electron chi connectivity index (χ4n) is 3.80. The van der Waals surface area contributed by atoms with Gasteiger partial charge in [0.2, 0.25) is 11.9 Å². The van der Waals surface area contributed by atoms with Gasteiger partial charge in [0.1, 0.15) is 5.75 Å². The number of hydrogen-bond donors (Lipinski definition) is 1. The normalized spacial score (nSPS) is 14.8. The van der Waals surface area contributed by atoms with Crippen LogP contribution in [0.25, 0.3) is 22.5 Å². The molecule has 1 fully saturated rings. The lowest BCUT2D eigenvalue weighted by molar-refractivity contribution is -0.117. The Bertz CT molecular complexity index is 1030. The van der Waals surface area contributed by atoms with Gasteiger partial charge in [0.05, 0.1) is 25.0 Å². The van der Waals surface area contributed by atoms with E-state index in [4.69, 9.17) is 4.74 Å². The van der Waals surface area contributed by atoms with Crippen LogP contribution in [0.3, 0.4) is 0 Å². The fourth-order valence-corrected chi connectivity index (χ4v) is 3.80. The molecule has 1 aliphatic rings. The van der Waals surface area contributed by atoms with Crippen LogP contribution >= 0.6 is 0 Å². The number of carbonyl (C=O) groups excluding carboxylic acids is 1. The number of carbonyl (C=O) groups is 1. The van der Waals surface area contributed by atoms with Crippen molar-refractivity contribution in [2.24, 2.45) is 0 Å². The number of anilines is 1. The van der Waals surface area contributed by atoms with Crippen LogP contribution in [0.15, 0.2) is 60.7 Å². The molecule has 4 rings (SSSR count). The second-order valence-corrected chi connectivity index (χ2v) is 7.82. The first-order chi connectivity index (χ1) is 15.6. The standard InChI is InChI=1S/C25H29N5O2/c1-3-29-13-15-30(16-14-29)18-24(31)28-25-26-22(19-7-5-4-6-8-19)17-23(27-25)20-9-11-21(32-2)12-10-20/h4-12,17H,3,13-16,18H2,1-2H3,(H,26,27,28,31). The summed E-state index contributed by atoms with van der Waals surface area (Å²) in [5.74, 6) is 0.998. The molecule has 2 aromatic carbocycles. The number of aromatic nitrogens is 2. The van der Waals surface area contributed by atoms with E-state index in [1.54, 1.807) is 7.11 Å². The van der Waals surface area contributed by atoms with Gasteiger partial charge < -0.3 is 9.64 Å². The van der Waals surface area contributed by atoms with Crippen LogP contribution in [0.5, 0.6) is 5.75 Å². The number of methoxy groups -OCH3 is 1. The van der Waals surface area contributed by atoms with Gasteiger partial charge in [0.15, 0.2) is 0 Å². The number of hydrogen-bond acceptors (Lipinski definition) is 6. The zero-order valence-corrected chi connectivity index (χ0v) is 18.6. The first kappa shape index (κ1) is 21.9. The van der Waals surface area contributed by atoms with Crippen molar-refractivity contribution < 1.29 is 9.53 Å². The molecule has 0 unspecified atom stereocenters. The minimum atomic E-state index is -0.0964. The van der Waals surface area contributed by atoms with E-state index in [2.05, 4.69) is 32.0 Å². The van der Waals surface area contributed by atoms with Gasteiger partial charge in [-0.05, 0) is 36.9 Å². The van der Waals surface area contributed by atoms with Gasteiger partial charge >= 0.3 is 0 Å². The molecule has 0 atom stereocenters. The molecular weight excluding hydrogens is 402 g/mol. The summed E-state index contributed by atoms with van der Waals surface area (Å²) in [6.45, 7) is 7.33. The highest BCUT2D eigenvalue weighted by Gasteiger charge is 2.19. The molecule has 0 saturated carbocycles. The maximum atomic E-state index is 12.7. The van der Waals surface area contributed by atoms with Crippen molar-refractivity contribution in [2.75, 3.05) is 51.7 Å². The van der Waals surface area contributed by atoms with Crippen molar-refractivity contribution in [2.45, 2.75) is 6.92 Å². The number of nitrogens with zero attached hydrogens (tertiary/aromatic N) is 4. The lowest BCUT2D eigenvalue weighted by atomic mass is 10.1. The minimum absolute atomic E-state index is 0.0964. The smallest absolute Gasteiger partial charge is 0.240 e. The number of likely N-dealkylation sites (N-methyl/N-ethyl adjacent to an activating group) is 1. The molecule has 32 heavy (non-hydrogen) atoms. The van der Waals surface area contributed by atoms with Crippen LogP contribution in [-0.2, 0) is 4.79 Å². The summed E-state index contributed by atoms with van der Waals surface area (Å²) >= 11 is 0. The first-order valence-electron chi connectivity index (χ1n) is 11.0. The third-order valence-electron chi connectivity index (χ3n) is 5.71. The number of amides is 1. The van der Waals surface area contributed by atoms with Crippen LogP contribution in [0.4, 0.5) is 5.95 Å². The van der Waals surface area contributed by atoms with Crippen molar-refractivity contribution in [3.63, 3.8) is 0 Å². The minimum Gasteiger partial charge on any atom is -0.497 e. The molecule has 0 aliphatic carbocycles. The Balaban J connectivity index is 1.55. The summed E-state index contributed by atoms with van der Waals surface area (Å²) in [4.78, 5) is 26.6. The maximum Gasteiger partial charge on any atom is 0.240 e. The molecule has 1 amide bonds. The predicted octanol–water partition coefficient (Wildman–Crippen LogP) is 3.40. The summed E-state index contributed by atoms with van der Waals surface area (Å²) in [7, 11) is 1.64. The van der Waals surface area contributed by atoms with Gasteiger partial charge in [-0.1, -0.05) is 37.3 Å². The van der Waals surface area contributed by atoms with Gasteiger partial charge in [0.25, 0.3) is 0 Å². The quantitative estimate of drug-likeness (QED) is 0.618. The van der Waals surface area contributed by atoms with Gasteiger partial charge in [-0.25, -0.2) is 9.97 Å². The SMILES string of the molecule is CCN1CCN(CC(=O)Nc2nc(-c3ccccc3)cc(-c3ccc(OC)cc3)n2)CC1. The Kier molecular flexibility index (Phi) is 7.09. The zero-order chi connectivity index (χ0) is 22.3. The number of ether oxygens (including phenoxy) is 1. The Labute approximate surface area is 189 Å². The highest BCUT2D eigenvalue weighted by molar-refractivity contribution is 5.91. The van der Waals surface area contributed by atoms with E-state index in [0.29, 0.717) is 12.5 Å². The summed E-state index contributed by atoms with van der Waals surface area (Å²) in [5, 5.41) is 2.92. The van der Waals surface area contributed by atoms with Gasteiger partial charge in [-0.2, -0.15) is 0 Å². The predicted molar refractivity (Wildman–Crippen MR) is 127 cm³/mol. The van der Waals surface area contributed by atoms with Crippen LogP contribution in [0.1, 0.15) is 6.92 Å². The number of nitrogens with one attached hydrogen (secondary N) is 1. The van der Waals surface area contributed by atoms with E-state index >= 15 is 0 Å². The van der Waals surface area contributed by atoms with Crippen LogP contribution < -0.4 is 10.1 Å². The third-order valence-corrected chi connectivity index (χ3v) is 5.71. The highest BCUT2D eigenvalue weighted by atomic mass is 16.5. The number of piperazine rings is 1. The van der Waals surface area contributed by atoms with Gasteiger partial charge in [0, 0.05) is 37.3 Å². The Morgan fingerprint density at radius 2 is 1.50 bits per heavy atom. The average molecular weight is 432 g/mol. The molecule has 0 spiro atoms. The molecular formula is C25H29N5O2. The van der Waals surface area contributed by atoms with E-state index in [-0.39, 0.29) is 5.91 Å². The number of benzene rings is 2. The molecule has 166 valence electrons. The van der Waals surface area contributed by atoms with Crippen LogP contribution in [0.2, 0.25) is 0 Å². The summed E-state index contributed by atoms with van der Waals surface area (Å²) in [5.41, 5.74) is 3.40. The van der Waals surface area contributed by atoms with Crippen molar-refractivity contribution in [3.05, 3.63) is 60.7 Å². The third kappa shape index (κ3) is 5.49. The van der Waals surface area contributed by atoms with Crippen LogP contribution in [-0.4, -0.2) is 72.1 Å². The molecule has 7 nitrogen and oxygen atoms in total. The lowest BCUT2D eigenvalue weighted by Crippen LogP contribution is -2.48. The van der Waals surface area contributed by atoms with Gasteiger partial charge in [-0.15, -0.1) is 0 Å². The van der Waals surface area contributed by atoms with E-state index in [0.717, 1.165) is 61.0 Å². The second kappa shape index (κ2) is 10.3. The first-order valence-corrected chi connectivity index (χ1v) is 11.0. The monoisotopic (exact) mass is 431 g/mol. The molecule has 1 aliphatic heterocycles. The van der Waals surface area contributed by atoms with Crippen molar-refractivity contribution >= 4 is 11.9 Å². The fraction of sp³-hybridized carbons (Fsp3) is 0.320. The van der Waals surface area contributed by atoms with E-state index in [9.17, 15) is 4.79 Å². The maximum absolute atomic E-state index is 12.7. The molecule has 1 saturated heterocycles. The average Bonchev–Trinajstić information content (AvgIpc) is 2.85. The molecule has 1 N–H and O–H groups in total. The Morgan fingerprint density at radius 3 is 2.09 bits per heavy atom. The molecule has 3 aromatic rings. The zero-order valence-electron chi connectivity index (χ0n) is 18.6. The van der Waals surface area contributed by atoms with Gasteiger partial charge in [-0.3, -0.25) is 15.0 Å². The molecule has 0 radical (unpaired) electrons. The van der Waals surface area contributed by atoms with Crippen molar-refractivity contribution in [3.8, 4) is 28.3 Å². The van der Waals surface area contributed by atoms with E-state index in [1.165, 1.54) is 0 Å². The second-order valence-electron chi connectivity index (χ2n) is 7.82. The summed E-state index contributed by atoms with van der Waals surface area (Å²) < 4.78 is 5.26. The molecule has 7 heteroatoms. The summed E-state index contributed by atoms with van der Waals surface area (Å²) in [6, 6.07) is 19.5. The Hall–Kier alpha value is -3.29. The lowest BCUT2D eigenvalue weighted by Gasteiger charge is -2.33. The summed E-state index contributed by atoms with van der Waals surface area (Å²) in [6.07, 6.45) is 0. The topological polar surface area (TPSA) is 70.6 Å². The Morgan fingerprint density at radius 1 is 0.906 bits per heavy atom. The highest BCUT2D eigenvalue weighted by Crippen LogP contribution is 2.26. The van der Waals surface area contributed by atoms with Crippen molar-refractivity contribution in [1.82, 2.24) is 19.8 Å². The molecule has 0 bridgehead atoms. The van der Waals surface area contributed by atoms with E-state index in [1.807, 2.05) is 60.7 Å². The number of rotatable bonds is 7. The van der Waals surface area contributed by atoms with Crippen LogP contribution in [0, 0.1) is 0 Å². The molecule has 2 heterocycles. The van der Waals surface area contributed by atoms with Crippen molar-refractivity contribution in [1.29, 1.82) is 0 Å². The van der Waals surface area contributed by atoms with E-state index < -0.39 is 0 Å². The largest absolute Gasteiger partial charge is 0.497 e. The molecule has 1 aromatic heterocycles.